The number of aromatic nitrogens is 2. The van der Waals surface area contributed by atoms with Crippen LogP contribution in [0.5, 0.6) is 0 Å². The smallest absolute Gasteiger partial charge is 0.260 e. The van der Waals surface area contributed by atoms with Crippen LogP contribution in [0.25, 0.3) is 11.1 Å². The molecular weight excluding hydrogens is 254 g/mol. The van der Waals surface area contributed by atoms with Crippen LogP contribution in [0.2, 0.25) is 0 Å². The highest BCUT2D eigenvalue weighted by Gasteiger charge is 2.12. The van der Waals surface area contributed by atoms with Crippen molar-refractivity contribution in [3.8, 4) is 0 Å². The Morgan fingerprint density at radius 2 is 2.11 bits per heavy atom. The Labute approximate surface area is 105 Å². The minimum absolute atomic E-state index is 0.0835. The van der Waals surface area contributed by atoms with E-state index in [2.05, 4.69) is 15.5 Å². The predicted octanol–water partition coefficient (Wildman–Crippen LogP) is 1.30. The molecule has 1 N–H and O–H groups in total. The lowest BCUT2D eigenvalue weighted by atomic mass is 10.2. The summed E-state index contributed by atoms with van der Waals surface area (Å²) in [6.45, 7) is 4.02. The lowest BCUT2D eigenvalue weighted by molar-refractivity contribution is 0.442. The van der Waals surface area contributed by atoms with E-state index in [1.165, 1.54) is 6.26 Å². The maximum absolute atomic E-state index is 11.1. The number of hydrogen-bond acceptors (Lipinski definition) is 6. The van der Waals surface area contributed by atoms with Crippen LogP contribution in [0, 0.1) is 13.8 Å². The molecule has 0 saturated carbocycles. The van der Waals surface area contributed by atoms with Gasteiger partial charge in [-0.15, -0.1) is 0 Å². The summed E-state index contributed by atoms with van der Waals surface area (Å²) in [5, 5.41) is 7.75. The maximum Gasteiger partial charge on any atom is 0.260 e. The fraction of sp³-hybridized carbons (Fsp3) is 0.455. The van der Waals surface area contributed by atoms with Crippen LogP contribution in [0.3, 0.4) is 0 Å². The van der Waals surface area contributed by atoms with Crippen LogP contribution in [-0.4, -0.2) is 37.1 Å². The topological polar surface area (TPSA) is 85.1 Å². The summed E-state index contributed by atoms with van der Waals surface area (Å²) < 4.78 is 27.3. The zero-order chi connectivity index (χ0) is 13.3. The summed E-state index contributed by atoms with van der Waals surface area (Å²) in [6.07, 6.45) is 1.22. The third-order valence-corrected chi connectivity index (χ3v) is 3.48. The van der Waals surface area contributed by atoms with Gasteiger partial charge in [0.15, 0.2) is 0 Å². The van der Waals surface area contributed by atoms with Gasteiger partial charge in [0.1, 0.15) is 9.84 Å². The normalized spacial score (nSPS) is 11.9. The van der Waals surface area contributed by atoms with E-state index in [-0.39, 0.29) is 5.75 Å². The Kier molecular flexibility index (Phi) is 3.25. The summed E-state index contributed by atoms with van der Waals surface area (Å²) in [4.78, 5) is 4.23. The summed E-state index contributed by atoms with van der Waals surface area (Å²) in [7, 11) is -2.97. The molecule has 6 nitrogen and oxygen atoms in total. The Bertz CT molecular complexity index is 676. The molecule has 0 aliphatic carbocycles. The third-order valence-electron chi connectivity index (χ3n) is 2.53. The van der Waals surface area contributed by atoms with Crippen molar-refractivity contribution < 1.29 is 12.9 Å². The summed E-state index contributed by atoms with van der Waals surface area (Å²) >= 11 is 0. The molecule has 0 amide bonds. The number of nitrogens with one attached hydrogen (secondary N) is 1. The van der Waals surface area contributed by atoms with Crippen LogP contribution in [0.1, 0.15) is 11.4 Å². The number of anilines is 1. The van der Waals surface area contributed by atoms with Gasteiger partial charge in [-0.1, -0.05) is 5.16 Å². The number of hydrogen-bond donors (Lipinski definition) is 1. The van der Waals surface area contributed by atoms with Crippen LogP contribution in [0.4, 0.5) is 5.69 Å². The van der Waals surface area contributed by atoms with Crippen LogP contribution >= 0.6 is 0 Å². The Morgan fingerprint density at radius 3 is 2.78 bits per heavy atom. The van der Waals surface area contributed by atoms with Gasteiger partial charge in [0, 0.05) is 18.5 Å². The van der Waals surface area contributed by atoms with Crippen molar-refractivity contribution in [2.75, 3.05) is 23.9 Å². The monoisotopic (exact) mass is 269 g/mol. The molecule has 0 spiro atoms. The van der Waals surface area contributed by atoms with E-state index in [1.54, 1.807) is 0 Å². The zero-order valence-electron chi connectivity index (χ0n) is 10.5. The number of sulfone groups is 1. The van der Waals surface area contributed by atoms with Gasteiger partial charge in [0.2, 0.25) is 0 Å². The van der Waals surface area contributed by atoms with E-state index < -0.39 is 9.84 Å². The van der Waals surface area contributed by atoms with Crippen molar-refractivity contribution in [1.82, 2.24) is 10.1 Å². The molecule has 0 radical (unpaired) electrons. The number of aryl methyl sites for hydroxylation is 2. The highest BCUT2D eigenvalue weighted by Crippen LogP contribution is 2.25. The SMILES string of the molecule is Cc1cc(NCCS(C)(=O)=O)c2c(C)noc2n1. The van der Waals surface area contributed by atoms with Crippen LogP contribution in [-0.2, 0) is 9.84 Å². The average Bonchev–Trinajstić information content (AvgIpc) is 2.58. The van der Waals surface area contributed by atoms with Gasteiger partial charge < -0.3 is 9.84 Å². The molecule has 2 rings (SSSR count). The van der Waals surface area contributed by atoms with Gasteiger partial charge in [-0.3, -0.25) is 0 Å². The van der Waals surface area contributed by atoms with Crippen molar-refractivity contribution in [2.24, 2.45) is 0 Å². The zero-order valence-corrected chi connectivity index (χ0v) is 11.3. The highest BCUT2D eigenvalue weighted by molar-refractivity contribution is 7.90. The maximum atomic E-state index is 11.1. The second-order valence-electron chi connectivity index (χ2n) is 4.32. The van der Waals surface area contributed by atoms with Crippen LogP contribution < -0.4 is 5.32 Å². The van der Waals surface area contributed by atoms with Crippen molar-refractivity contribution in [2.45, 2.75) is 13.8 Å². The van der Waals surface area contributed by atoms with Crippen molar-refractivity contribution in [1.29, 1.82) is 0 Å². The molecule has 0 bridgehead atoms. The lowest BCUT2D eigenvalue weighted by Gasteiger charge is -2.07. The van der Waals surface area contributed by atoms with Gasteiger partial charge in [0.05, 0.1) is 22.5 Å². The van der Waals surface area contributed by atoms with E-state index in [1.807, 2.05) is 19.9 Å². The van der Waals surface area contributed by atoms with Gasteiger partial charge in [-0.05, 0) is 19.9 Å². The third kappa shape index (κ3) is 2.79. The highest BCUT2D eigenvalue weighted by atomic mass is 32.2. The molecule has 18 heavy (non-hydrogen) atoms. The van der Waals surface area contributed by atoms with Gasteiger partial charge >= 0.3 is 0 Å². The lowest BCUT2D eigenvalue weighted by Crippen LogP contribution is -2.14. The largest absolute Gasteiger partial charge is 0.383 e. The first-order valence-corrected chi connectivity index (χ1v) is 7.58. The quantitative estimate of drug-likeness (QED) is 0.900. The molecule has 0 atom stereocenters. The molecule has 0 saturated heterocycles. The molecule has 0 aliphatic rings. The molecule has 7 heteroatoms. The summed E-state index contributed by atoms with van der Waals surface area (Å²) in [6, 6.07) is 1.86. The fourth-order valence-electron chi connectivity index (χ4n) is 1.73. The number of fused-ring (bicyclic) bond motifs is 1. The van der Waals surface area contributed by atoms with Gasteiger partial charge in [-0.2, -0.15) is 0 Å². The van der Waals surface area contributed by atoms with Gasteiger partial charge in [-0.25, -0.2) is 13.4 Å². The molecule has 2 heterocycles. The molecule has 2 aromatic heterocycles. The molecule has 0 fully saturated rings. The predicted molar refractivity (Wildman–Crippen MR) is 69.5 cm³/mol. The minimum atomic E-state index is -2.97. The molecular formula is C11H15N3O3S. The van der Waals surface area contributed by atoms with Crippen molar-refractivity contribution in [3.05, 3.63) is 17.5 Å². The first kappa shape index (κ1) is 12.8. The van der Waals surface area contributed by atoms with Crippen molar-refractivity contribution >= 4 is 26.6 Å². The number of rotatable bonds is 4. The number of pyridine rings is 1. The molecule has 0 unspecified atom stereocenters. The van der Waals surface area contributed by atoms with E-state index in [9.17, 15) is 8.42 Å². The van der Waals surface area contributed by atoms with E-state index in [0.29, 0.717) is 12.3 Å². The Morgan fingerprint density at radius 1 is 1.39 bits per heavy atom. The number of nitrogens with zero attached hydrogens (tertiary/aromatic N) is 2. The average molecular weight is 269 g/mol. The Balaban J connectivity index is 2.29. The van der Waals surface area contributed by atoms with E-state index in [0.717, 1.165) is 22.5 Å². The fourth-order valence-corrected chi connectivity index (χ4v) is 2.20. The second kappa shape index (κ2) is 4.56. The summed E-state index contributed by atoms with van der Waals surface area (Å²) in [5.74, 6) is 0.0835. The molecule has 0 aliphatic heterocycles. The summed E-state index contributed by atoms with van der Waals surface area (Å²) in [5.41, 5.74) is 2.80. The van der Waals surface area contributed by atoms with Gasteiger partial charge in [0.25, 0.3) is 5.71 Å². The van der Waals surface area contributed by atoms with Crippen molar-refractivity contribution in [3.63, 3.8) is 0 Å². The van der Waals surface area contributed by atoms with E-state index in [4.69, 9.17) is 4.52 Å². The second-order valence-corrected chi connectivity index (χ2v) is 6.58. The van der Waals surface area contributed by atoms with E-state index >= 15 is 0 Å². The minimum Gasteiger partial charge on any atom is -0.383 e. The van der Waals surface area contributed by atoms with Crippen LogP contribution in [0.15, 0.2) is 10.6 Å². The Hall–Kier alpha value is -1.63. The molecule has 0 aromatic carbocycles. The molecule has 2 aromatic rings. The first-order chi connectivity index (χ1) is 8.37. The molecule has 98 valence electrons. The first-order valence-electron chi connectivity index (χ1n) is 5.52. The standard InChI is InChI=1S/C11H15N3O3S/c1-7-6-9(12-4-5-18(3,15)16)10-8(2)14-17-11(10)13-7/h6H,4-5H2,1-3H3,(H,12,13).